The third kappa shape index (κ3) is 10.6. The number of pyridine rings is 1. The standard InChI is InChI=1S/C39H50ClN5O3/c1-29-32(11-7-13-36(29)31-10-6-12-35(21-31)46-19-9-18-45-16-4-5-17-45)28-48-39-23-38(47-27-30-20-34(41)26-43-24-30)33(22-37(39)40)25-42-14-8-15-44(2)3/h6-7,10-13,20-24,26,42H,4-5,8-9,14-19,25,27-28,41H2,1-3H3. The van der Waals surface area contributed by atoms with Gasteiger partial charge in [0, 0.05) is 42.7 Å². The van der Waals surface area contributed by atoms with Gasteiger partial charge >= 0.3 is 0 Å². The number of hydrogen-bond acceptors (Lipinski definition) is 8. The van der Waals surface area contributed by atoms with Crippen molar-refractivity contribution in [3.8, 4) is 28.4 Å². The van der Waals surface area contributed by atoms with Crippen LogP contribution in [0.5, 0.6) is 17.2 Å². The number of halogens is 1. The molecule has 1 aliphatic heterocycles. The first-order valence-corrected chi connectivity index (χ1v) is 17.4. The van der Waals surface area contributed by atoms with Crippen molar-refractivity contribution >= 4 is 17.3 Å². The predicted octanol–water partition coefficient (Wildman–Crippen LogP) is 7.36. The predicted molar refractivity (Wildman–Crippen MR) is 196 cm³/mol. The first-order valence-electron chi connectivity index (χ1n) is 17.0. The molecule has 1 aliphatic rings. The molecular weight excluding hydrogens is 622 g/mol. The number of nitrogens with one attached hydrogen (secondary N) is 1. The Kier molecular flexibility index (Phi) is 13.4. The number of nitrogens with two attached hydrogens (primary N) is 1. The SMILES string of the molecule is Cc1c(COc2cc(OCc3cncc(N)c3)c(CNCCCN(C)C)cc2Cl)cccc1-c1cccc(OCCCN2CCCC2)c1. The molecule has 0 bridgehead atoms. The van der Waals surface area contributed by atoms with Crippen molar-refractivity contribution in [2.75, 3.05) is 59.2 Å². The number of ether oxygens (including phenoxy) is 3. The zero-order chi connectivity index (χ0) is 33.7. The van der Waals surface area contributed by atoms with Gasteiger partial charge in [-0.25, -0.2) is 0 Å². The molecule has 1 aromatic heterocycles. The lowest BCUT2D eigenvalue weighted by Gasteiger charge is -2.18. The van der Waals surface area contributed by atoms with Gasteiger partial charge in [0.25, 0.3) is 0 Å². The van der Waals surface area contributed by atoms with E-state index >= 15 is 0 Å². The van der Waals surface area contributed by atoms with E-state index in [4.69, 9.17) is 31.5 Å². The summed E-state index contributed by atoms with van der Waals surface area (Å²) < 4.78 is 18.8. The molecule has 5 rings (SSSR count). The number of rotatable bonds is 18. The number of nitrogen functional groups attached to an aromatic ring is 1. The van der Waals surface area contributed by atoms with Crippen molar-refractivity contribution in [2.45, 2.75) is 52.4 Å². The van der Waals surface area contributed by atoms with Crippen LogP contribution in [0.1, 0.15) is 47.9 Å². The third-order valence-electron chi connectivity index (χ3n) is 8.66. The summed E-state index contributed by atoms with van der Waals surface area (Å²) >= 11 is 6.80. The molecule has 256 valence electrons. The highest BCUT2D eigenvalue weighted by Gasteiger charge is 2.15. The molecule has 3 N–H and O–H groups in total. The van der Waals surface area contributed by atoms with E-state index in [9.17, 15) is 0 Å². The van der Waals surface area contributed by atoms with E-state index in [1.165, 1.54) is 25.9 Å². The van der Waals surface area contributed by atoms with Gasteiger partial charge in [0.05, 0.1) is 17.3 Å². The van der Waals surface area contributed by atoms with Gasteiger partial charge in [-0.15, -0.1) is 0 Å². The summed E-state index contributed by atoms with van der Waals surface area (Å²) in [6, 6.07) is 20.4. The Morgan fingerprint density at radius 2 is 1.71 bits per heavy atom. The van der Waals surface area contributed by atoms with E-state index in [0.29, 0.717) is 42.0 Å². The topological polar surface area (TPSA) is 85.1 Å². The van der Waals surface area contributed by atoms with Gasteiger partial charge in [-0.2, -0.15) is 0 Å². The minimum absolute atomic E-state index is 0.328. The molecule has 0 aliphatic carbocycles. The Labute approximate surface area is 291 Å². The van der Waals surface area contributed by atoms with Crippen molar-refractivity contribution in [2.24, 2.45) is 0 Å². The summed E-state index contributed by atoms with van der Waals surface area (Å²) in [7, 11) is 4.16. The van der Waals surface area contributed by atoms with Crippen molar-refractivity contribution in [3.05, 3.63) is 100 Å². The largest absolute Gasteiger partial charge is 0.494 e. The van der Waals surface area contributed by atoms with Crippen LogP contribution in [0.15, 0.2) is 73.1 Å². The number of nitrogens with zero attached hydrogens (tertiary/aromatic N) is 3. The van der Waals surface area contributed by atoms with E-state index in [2.05, 4.69) is 77.5 Å². The van der Waals surface area contributed by atoms with Crippen LogP contribution in [0.25, 0.3) is 11.1 Å². The second-order valence-corrected chi connectivity index (χ2v) is 13.2. The molecule has 8 nitrogen and oxygen atoms in total. The molecule has 4 aromatic rings. The van der Waals surface area contributed by atoms with E-state index in [1.54, 1.807) is 12.4 Å². The van der Waals surface area contributed by atoms with Crippen LogP contribution in [0.3, 0.4) is 0 Å². The van der Waals surface area contributed by atoms with Crippen LogP contribution in [0, 0.1) is 6.92 Å². The fraction of sp³-hybridized carbons (Fsp3) is 0.410. The highest BCUT2D eigenvalue weighted by Crippen LogP contribution is 2.35. The van der Waals surface area contributed by atoms with Crippen LogP contribution < -0.4 is 25.3 Å². The Morgan fingerprint density at radius 1 is 0.896 bits per heavy atom. The normalized spacial score (nSPS) is 13.3. The first kappa shape index (κ1) is 35.5. The molecule has 48 heavy (non-hydrogen) atoms. The average Bonchev–Trinajstić information content (AvgIpc) is 3.60. The van der Waals surface area contributed by atoms with Crippen molar-refractivity contribution in [1.29, 1.82) is 0 Å². The van der Waals surface area contributed by atoms with E-state index in [-0.39, 0.29) is 0 Å². The number of aromatic nitrogens is 1. The summed E-state index contributed by atoms with van der Waals surface area (Å²) in [5, 5.41) is 4.06. The maximum atomic E-state index is 6.80. The Hall–Kier alpha value is -3.82. The fourth-order valence-corrected chi connectivity index (χ4v) is 6.24. The van der Waals surface area contributed by atoms with Crippen molar-refractivity contribution < 1.29 is 14.2 Å². The lowest BCUT2D eigenvalue weighted by atomic mass is 9.96. The number of hydrogen-bond donors (Lipinski definition) is 2. The van der Waals surface area contributed by atoms with Gasteiger partial charge in [-0.1, -0.05) is 41.9 Å². The highest BCUT2D eigenvalue weighted by molar-refractivity contribution is 6.32. The Bertz CT molecular complexity index is 1610. The van der Waals surface area contributed by atoms with Crippen LogP contribution in [-0.2, 0) is 19.8 Å². The van der Waals surface area contributed by atoms with Gasteiger partial charge < -0.3 is 35.1 Å². The molecule has 0 amide bonds. The maximum Gasteiger partial charge on any atom is 0.142 e. The molecule has 0 atom stereocenters. The van der Waals surface area contributed by atoms with Crippen molar-refractivity contribution in [1.82, 2.24) is 20.1 Å². The lowest BCUT2D eigenvalue weighted by Crippen LogP contribution is -2.21. The van der Waals surface area contributed by atoms with Crippen molar-refractivity contribution in [3.63, 3.8) is 0 Å². The van der Waals surface area contributed by atoms with Crippen LogP contribution in [-0.4, -0.2) is 68.2 Å². The second-order valence-electron chi connectivity index (χ2n) is 12.8. The molecule has 3 aromatic carbocycles. The van der Waals surface area contributed by atoms with E-state index in [0.717, 1.165) is 78.2 Å². The molecule has 1 saturated heterocycles. The zero-order valence-electron chi connectivity index (χ0n) is 28.6. The number of benzene rings is 3. The Morgan fingerprint density at radius 3 is 2.52 bits per heavy atom. The highest BCUT2D eigenvalue weighted by atomic mass is 35.5. The fourth-order valence-electron chi connectivity index (χ4n) is 6.00. The van der Waals surface area contributed by atoms with Crippen LogP contribution in [0.4, 0.5) is 5.69 Å². The van der Waals surface area contributed by atoms with Gasteiger partial charge in [0.15, 0.2) is 0 Å². The van der Waals surface area contributed by atoms with Gasteiger partial charge in [0.1, 0.15) is 30.5 Å². The molecule has 0 spiro atoms. The van der Waals surface area contributed by atoms with Crippen LogP contribution >= 0.6 is 11.6 Å². The van der Waals surface area contributed by atoms with E-state index in [1.807, 2.05) is 24.3 Å². The summed E-state index contributed by atoms with van der Waals surface area (Å²) in [6.07, 6.45) is 8.11. The summed E-state index contributed by atoms with van der Waals surface area (Å²) in [5.41, 5.74) is 12.9. The summed E-state index contributed by atoms with van der Waals surface area (Å²) in [4.78, 5) is 8.90. The first-order chi connectivity index (χ1) is 23.4. The molecule has 9 heteroatoms. The molecule has 0 unspecified atom stereocenters. The maximum absolute atomic E-state index is 6.80. The zero-order valence-corrected chi connectivity index (χ0v) is 29.4. The quantitative estimate of drug-likeness (QED) is 0.106. The third-order valence-corrected chi connectivity index (χ3v) is 8.96. The van der Waals surface area contributed by atoms with Gasteiger partial charge in [-0.05, 0) is 119 Å². The minimum Gasteiger partial charge on any atom is -0.494 e. The monoisotopic (exact) mass is 671 g/mol. The smallest absolute Gasteiger partial charge is 0.142 e. The second kappa shape index (κ2) is 18.1. The molecule has 2 heterocycles. The molecule has 0 radical (unpaired) electrons. The Balaban J connectivity index is 1.25. The van der Waals surface area contributed by atoms with Gasteiger partial charge in [-0.3, -0.25) is 4.98 Å². The van der Waals surface area contributed by atoms with E-state index < -0.39 is 0 Å². The minimum atomic E-state index is 0.328. The average molecular weight is 672 g/mol. The number of anilines is 1. The molecule has 0 saturated carbocycles. The van der Waals surface area contributed by atoms with Gasteiger partial charge in [0.2, 0.25) is 0 Å². The molecule has 1 fully saturated rings. The summed E-state index contributed by atoms with van der Waals surface area (Å²) in [5.74, 6) is 2.18. The number of likely N-dealkylation sites (tertiary alicyclic amines) is 1. The lowest BCUT2D eigenvalue weighted by molar-refractivity contribution is 0.263. The van der Waals surface area contributed by atoms with Crippen LogP contribution in [0.2, 0.25) is 5.02 Å². The summed E-state index contributed by atoms with van der Waals surface area (Å²) in [6.45, 7) is 9.63. The molecular formula is C39H50ClN5O3.